The summed E-state index contributed by atoms with van der Waals surface area (Å²) < 4.78 is 13.1. The van der Waals surface area contributed by atoms with E-state index in [0.717, 1.165) is 18.7 Å². The normalized spacial score (nSPS) is 17.3. The second kappa shape index (κ2) is 7.46. The van der Waals surface area contributed by atoms with Gasteiger partial charge in [-0.3, -0.25) is 0 Å². The largest absolute Gasteiger partial charge is 0.505 e. The van der Waals surface area contributed by atoms with Gasteiger partial charge in [0.1, 0.15) is 0 Å². The molecule has 4 heteroatoms. The second-order valence-electron chi connectivity index (χ2n) is 5.22. The number of rotatable bonds is 5. The molecule has 1 aliphatic heterocycles. The van der Waals surface area contributed by atoms with E-state index in [9.17, 15) is 4.39 Å². The fraction of sp³-hybridized carbons (Fsp3) is 0.600. The van der Waals surface area contributed by atoms with Gasteiger partial charge in [-0.15, -0.1) is 0 Å². The third-order valence-corrected chi connectivity index (χ3v) is 3.64. The molecule has 1 aromatic rings. The summed E-state index contributed by atoms with van der Waals surface area (Å²) in [6.45, 7) is 5.03. The zero-order valence-corrected chi connectivity index (χ0v) is 11.4. The molecule has 1 fully saturated rings. The van der Waals surface area contributed by atoms with E-state index in [4.69, 9.17) is 5.11 Å². The summed E-state index contributed by atoms with van der Waals surface area (Å²) in [7, 11) is 0. The van der Waals surface area contributed by atoms with E-state index in [-0.39, 0.29) is 5.75 Å². The van der Waals surface area contributed by atoms with Crippen molar-refractivity contribution in [1.29, 1.82) is 0 Å². The van der Waals surface area contributed by atoms with Gasteiger partial charge >= 0.3 is 0 Å². The van der Waals surface area contributed by atoms with E-state index in [1.165, 1.54) is 50.9 Å². The Balaban J connectivity index is 1.67. The molecule has 0 atom stereocenters. The minimum Gasteiger partial charge on any atom is -0.505 e. The van der Waals surface area contributed by atoms with Crippen LogP contribution in [0.3, 0.4) is 0 Å². The number of aromatic hydroxyl groups is 1. The standard InChI is InChI=1S/C15H23FN2O/c16-14-11-13(5-6-15(14)19)12-17-7-10-18-8-3-1-2-4-9-18/h5-6,11,17,19H,1-4,7-10,12H2. The van der Waals surface area contributed by atoms with Gasteiger partial charge in [-0.2, -0.15) is 0 Å². The number of phenols is 1. The summed E-state index contributed by atoms with van der Waals surface area (Å²) in [5.74, 6) is -0.833. The number of nitrogens with one attached hydrogen (secondary N) is 1. The molecule has 1 aliphatic rings. The SMILES string of the molecule is Oc1ccc(CNCCN2CCCCCC2)cc1F. The minimum atomic E-state index is -0.549. The Labute approximate surface area is 114 Å². The molecule has 0 aromatic heterocycles. The Kier molecular flexibility index (Phi) is 5.61. The number of phenolic OH excluding ortho intramolecular Hbond substituents is 1. The van der Waals surface area contributed by atoms with Gasteiger partial charge in [0, 0.05) is 19.6 Å². The summed E-state index contributed by atoms with van der Waals surface area (Å²) in [6, 6.07) is 4.53. The van der Waals surface area contributed by atoms with Crippen LogP contribution in [0.1, 0.15) is 31.2 Å². The first-order chi connectivity index (χ1) is 9.25. The van der Waals surface area contributed by atoms with E-state index >= 15 is 0 Å². The van der Waals surface area contributed by atoms with Crippen molar-refractivity contribution < 1.29 is 9.50 Å². The third kappa shape index (κ3) is 4.80. The van der Waals surface area contributed by atoms with Crippen LogP contribution in [-0.2, 0) is 6.54 Å². The average Bonchev–Trinajstić information content (AvgIpc) is 2.67. The van der Waals surface area contributed by atoms with E-state index in [0.29, 0.717) is 6.54 Å². The Morgan fingerprint density at radius 1 is 1.16 bits per heavy atom. The lowest BCUT2D eigenvalue weighted by Crippen LogP contribution is -2.32. The summed E-state index contributed by atoms with van der Waals surface area (Å²) in [5.41, 5.74) is 0.867. The van der Waals surface area contributed by atoms with E-state index in [2.05, 4.69) is 10.2 Å². The smallest absolute Gasteiger partial charge is 0.165 e. The highest BCUT2D eigenvalue weighted by Crippen LogP contribution is 2.15. The Morgan fingerprint density at radius 2 is 1.89 bits per heavy atom. The first-order valence-corrected chi connectivity index (χ1v) is 7.16. The zero-order valence-electron chi connectivity index (χ0n) is 11.4. The van der Waals surface area contributed by atoms with Gasteiger partial charge in [0.05, 0.1) is 0 Å². The number of hydrogen-bond acceptors (Lipinski definition) is 3. The Bertz CT molecular complexity index is 390. The quantitative estimate of drug-likeness (QED) is 0.804. The summed E-state index contributed by atoms with van der Waals surface area (Å²) >= 11 is 0. The van der Waals surface area contributed by atoms with Crippen LogP contribution in [0.4, 0.5) is 4.39 Å². The van der Waals surface area contributed by atoms with Crippen molar-refractivity contribution in [3.63, 3.8) is 0 Å². The highest BCUT2D eigenvalue weighted by atomic mass is 19.1. The molecule has 0 bridgehead atoms. The summed E-state index contributed by atoms with van der Waals surface area (Å²) in [5, 5.41) is 12.4. The molecule has 0 unspecified atom stereocenters. The highest BCUT2D eigenvalue weighted by Gasteiger charge is 2.08. The van der Waals surface area contributed by atoms with Crippen LogP contribution in [0.15, 0.2) is 18.2 Å². The molecule has 1 aromatic carbocycles. The molecule has 0 saturated carbocycles. The third-order valence-electron chi connectivity index (χ3n) is 3.64. The van der Waals surface area contributed by atoms with Crippen LogP contribution in [0.2, 0.25) is 0 Å². The van der Waals surface area contributed by atoms with Crippen molar-refractivity contribution in [2.45, 2.75) is 32.2 Å². The van der Waals surface area contributed by atoms with E-state index in [1.807, 2.05) is 0 Å². The van der Waals surface area contributed by atoms with E-state index in [1.54, 1.807) is 6.07 Å². The predicted octanol–water partition coefficient (Wildman–Crippen LogP) is 2.50. The number of nitrogens with zero attached hydrogens (tertiary/aromatic N) is 1. The van der Waals surface area contributed by atoms with Crippen molar-refractivity contribution in [2.24, 2.45) is 0 Å². The molecule has 106 valence electrons. The first-order valence-electron chi connectivity index (χ1n) is 7.16. The highest BCUT2D eigenvalue weighted by molar-refractivity contribution is 5.27. The second-order valence-corrected chi connectivity index (χ2v) is 5.22. The Hall–Kier alpha value is -1.13. The fourth-order valence-corrected chi connectivity index (χ4v) is 2.49. The van der Waals surface area contributed by atoms with Crippen molar-refractivity contribution >= 4 is 0 Å². The average molecular weight is 266 g/mol. The van der Waals surface area contributed by atoms with Crippen LogP contribution in [0.25, 0.3) is 0 Å². The van der Waals surface area contributed by atoms with Crippen molar-refractivity contribution in [3.8, 4) is 5.75 Å². The van der Waals surface area contributed by atoms with Gasteiger partial charge < -0.3 is 15.3 Å². The maximum atomic E-state index is 13.1. The number of hydrogen-bond donors (Lipinski definition) is 2. The van der Waals surface area contributed by atoms with Crippen molar-refractivity contribution in [3.05, 3.63) is 29.6 Å². The molecule has 1 heterocycles. The number of benzene rings is 1. The number of halogens is 1. The molecule has 0 radical (unpaired) electrons. The summed E-state index contributed by atoms with van der Waals surface area (Å²) in [4.78, 5) is 2.50. The van der Waals surface area contributed by atoms with Crippen molar-refractivity contribution in [1.82, 2.24) is 10.2 Å². The lowest BCUT2D eigenvalue weighted by Gasteiger charge is -2.19. The molecule has 0 aliphatic carbocycles. The van der Waals surface area contributed by atoms with E-state index < -0.39 is 5.82 Å². The van der Waals surface area contributed by atoms with Gasteiger partial charge in [-0.25, -0.2) is 4.39 Å². The van der Waals surface area contributed by atoms with Gasteiger partial charge in [0.15, 0.2) is 11.6 Å². The molecular weight excluding hydrogens is 243 g/mol. The predicted molar refractivity (Wildman–Crippen MR) is 74.7 cm³/mol. The molecule has 3 nitrogen and oxygen atoms in total. The molecule has 0 amide bonds. The fourth-order valence-electron chi connectivity index (χ4n) is 2.49. The Morgan fingerprint density at radius 3 is 2.58 bits per heavy atom. The molecule has 1 saturated heterocycles. The van der Waals surface area contributed by atoms with Crippen LogP contribution < -0.4 is 5.32 Å². The molecule has 2 N–H and O–H groups in total. The van der Waals surface area contributed by atoms with Crippen LogP contribution >= 0.6 is 0 Å². The minimum absolute atomic E-state index is 0.284. The van der Waals surface area contributed by atoms with Gasteiger partial charge in [-0.05, 0) is 43.6 Å². The maximum Gasteiger partial charge on any atom is 0.165 e. The van der Waals surface area contributed by atoms with Gasteiger partial charge in [0.25, 0.3) is 0 Å². The molecular formula is C15H23FN2O. The first kappa shape index (κ1) is 14.3. The molecule has 19 heavy (non-hydrogen) atoms. The van der Waals surface area contributed by atoms with Gasteiger partial charge in [-0.1, -0.05) is 18.9 Å². The lowest BCUT2D eigenvalue weighted by atomic mass is 10.2. The topological polar surface area (TPSA) is 35.5 Å². The molecule has 2 rings (SSSR count). The number of likely N-dealkylation sites (tertiary alicyclic amines) is 1. The maximum absolute atomic E-state index is 13.1. The summed E-state index contributed by atoms with van der Waals surface area (Å²) in [6.07, 6.45) is 5.33. The van der Waals surface area contributed by atoms with Crippen LogP contribution in [-0.4, -0.2) is 36.2 Å². The lowest BCUT2D eigenvalue weighted by molar-refractivity contribution is 0.284. The van der Waals surface area contributed by atoms with Crippen LogP contribution in [0.5, 0.6) is 5.75 Å². The zero-order chi connectivity index (χ0) is 13.5. The van der Waals surface area contributed by atoms with Crippen LogP contribution in [0, 0.1) is 5.82 Å². The van der Waals surface area contributed by atoms with Crippen molar-refractivity contribution in [2.75, 3.05) is 26.2 Å². The van der Waals surface area contributed by atoms with Gasteiger partial charge in [0.2, 0.25) is 0 Å². The monoisotopic (exact) mass is 266 g/mol. The molecule has 0 spiro atoms.